The molecule has 1 atom stereocenters. The molecule has 1 heterocycles. The van der Waals surface area contributed by atoms with Gasteiger partial charge in [0.1, 0.15) is 17.9 Å². The van der Waals surface area contributed by atoms with Crippen LogP contribution in [-0.2, 0) is 27.7 Å². The number of carboxylic acids is 1. The van der Waals surface area contributed by atoms with E-state index in [9.17, 15) is 13.2 Å². The molecule has 1 unspecified atom stereocenters. The molecule has 0 saturated carbocycles. The number of nitrogens with zero attached hydrogens (tertiary/aromatic N) is 1. The summed E-state index contributed by atoms with van der Waals surface area (Å²) in [7, 11) is -3.94. The number of benzene rings is 3. The number of aliphatic carboxylic acids is 1. The van der Waals surface area contributed by atoms with Gasteiger partial charge in [-0.05, 0) is 79.3 Å². The van der Waals surface area contributed by atoms with Crippen LogP contribution in [0.15, 0.2) is 71.6 Å². The second-order valence-electron chi connectivity index (χ2n) is 9.19. The summed E-state index contributed by atoms with van der Waals surface area (Å²) in [5.74, 6) is -0.524. The van der Waals surface area contributed by atoms with E-state index in [0.29, 0.717) is 17.7 Å². The summed E-state index contributed by atoms with van der Waals surface area (Å²) >= 11 is 0. The number of rotatable bonds is 7. The molecule has 3 aromatic rings. The Labute approximate surface area is 205 Å². The van der Waals surface area contributed by atoms with Crippen LogP contribution in [-0.4, -0.2) is 31.6 Å². The number of carboxylic acid groups (broad SMARTS) is 1. The number of hydrogen-bond donors (Lipinski definition) is 2. The van der Waals surface area contributed by atoms with Crippen LogP contribution in [0.1, 0.15) is 30.5 Å². The van der Waals surface area contributed by atoms with E-state index in [1.807, 2.05) is 44.2 Å². The molecule has 2 N–H and O–H groups in total. The molecule has 0 radical (unpaired) electrons. The van der Waals surface area contributed by atoms with E-state index in [1.165, 1.54) is 6.07 Å². The summed E-state index contributed by atoms with van der Waals surface area (Å²) in [6.45, 7) is 3.38. The maximum Gasteiger partial charge on any atom is 0.318 e. The van der Waals surface area contributed by atoms with E-state index in [1.54, 1.807) is 18.2 Å². The molecular formula is C27H26N2O5S. The molecular weight excluding hydrogens is 464 g/mol. The van der Waals surface area contributed by atoms with Crippen LogP contribution in [0.25, 0.3) is 11.1 Å². The minimum absolute atomic E-state index is 0.0171. The Kier molecular flexibility index (Phi) is 6.66. The van der Waals surface area contributed by atoms with Crippen LogP contribution in [0, 0.1) is 17.2 Å². The summed E-state index contributed by atoms with van der Waals surface area (Å²) in [4.78, 5) is 10.8. The van der Waals surface area contributed by atoms with Crippen molar-refractivity contribution in [3.8, 4) is 22.9 Å². The molecule has 7 nitrogen and oxygen atoms in total. The maximum atomic E-state index is 12.5. The first-order chi connectivity index (χ1) is 16.6. The van der Waals surface area contributed by atoms with Crippen molar-refractivity contribution in [1.29, 1.82) is 5.26 Å². The Morgan fingerprint density at radius 2 is 1.86 bits per heavy atom. The van der Waals surface area contributed by atoms with Gasteiger partial charge in [0.2, 0.25) is 10.0 Å². The van der Waals surface area contributed by atoms with Gasteiger partial charge in [0.15, 0.2) is 0 Å². The number of ether oxygens (including phenoxy) is 1. The van der Waals surface area contributed by atoms with Crippen molar-refractivity contribution < 1.29 is 23.1 Å². The molecule has 0 bridgehead atoms. The molecule has 35 heavy (non-hydrogen) atoms. The van der Waals surface area contributed by atoms with Crippen LogP contribution in [0.4, 0.5) is 0 Å². The van der Waals surface area contributed by atoms with Crippen LogP contribution in [0.3, 0.4) is 0 Å². The number of hydrogen-bond acceptors (Lipinski definition) is 5. The van der Waals surface area contributed by atoms with Crippen LogP contribution >= 0.6 is 0 Å². The highest BCUT2D eigenvalue weighted by Crippen LogP contribution is 2.39. The normalized spacial score (nSPS) is 16.5. The summed E-state index contributed by atoms with van der Waals surface area (Å²) < 4.78 is 33.3. The first kappa shape index (κ1) is 24.5. The lowest BCUT2D eigenvalue weighted by Crippen LogP contribution is -2.43. The fourth-order valence-electron chi connectivity index (χ4n) is 4.30. The van der Waals surface area contributed by atoms with E-state index >= 15 is 0 Å². The van der Waals surface area contributed by atoms with Crippen molar-refractivity contribution in [3.05, 3.63) is 83.4 Å². The number of carbonyl (C=O) groups is 1. The zero-order valence-corrected chi connectivity index (χ0v) is 20.3. The van der Waals surface area contributed by atoms with Gasteiger partial charge in [0.05, 0.1) is 16.5 Å². The number of fused-ring (bicyclic) bond motifs is 1. The highest BCUT2D eigenvalue weighted by molar-refractivity contribution is 7.89. The van der Waals surface area contributed by atoms with E-state index < -0.39 is 28.1 Å². The molecule has 180 valence electrons. The van der Waals surface area contributed by atoms with Crippen molar-refractivity contribution in [2.75, 3.05) is 6.54 Å². The van der Waals surface area contributed by atoms with Crippen LogP contribution in [0.5, 0.6) is 5.75 Å². The Morgan fingerprint density at radius 3 is 2.54 bits per heavy atom. The molecule has 1 aliphatic heterocycles. The molecule has 8 heteroatoms. The van der Waals surface area contributed by atoms with E-state index in [-0.39, 0.29) is 10.8 Å². The van der Waals surface area contributed by atoms with Gasteiger partial charge in [-0.25, -0.2) is 8.42 Å². The lowest BCUT2D eigenvalue weighted by Gasteiger charge is -2.40. The maximum absolute atomic E-state index is 12.5. The monoisotopic (exact) mass is 490 g/mol. The van der Waals surface area contributed by atoms with Gasteiger partial charge in [-0.3, -0.25) is 4.79 Å². The van der Waals surface area contributed by atoms with Crippen molar-refractivity contribution in [2.24, 2.45) is 5.92 Å². The minimum Gasteiger partial charge on any atom is -0.487 e. The first-order valence-electron chi connectivity index (χ1n) is 11.2. The number of nitrogens with one attached hydrogen (secondary N) is 1. The molecule has 4 rings (SSSR count). The van der Waals surface area contributed by atoms with E-state index in [4.69, 9.17) is 15.1 Å². The van der Waals surface area contributed by atoms with Crippen molar-refractivity contribution in [3.63, 3.8) is 0 Å². The largest absolute Gasteiger partial charge is 0.487 e. The number of nitriles is 1. The van der Waals surface area contributed by atoms with Crippen LogP contribution < -0.4 is 9.46 Å². The topological polar surface area (TPSA) is 116 Å². The average Bonchev–Trinajstić information content (AvgIpc) is 2.83. The van der Waals surface area contributed by atoms with E-state index in [0.717, 1.165) is 28.7 Å². The van der Waals surface area contributed by atoms with Gasteiger partial charge in [-0.2, -0.15) is 9.98 Å². The lowest BCUT2D eigenvalue weighted by molar-refractivity contribution is -0.135. The Balaban J connectivity index is 1.54. The molecule has 0 fully saturated rings. The Hall–Kier alpha value is -3.67. The SMILES string of the molecule is CC1(C)Oc2ccc(S(=O)(=O)NCC(=O)O)cc2CC1Cc1ccc(-c2cccc(C#N)c2)cc1. The predicted octanol–water partition coefficient (Wildman–Crippen LogP) is 4.16. The standard InChI is InChI=1S/C27H26N2O5S/c1-27(2)23(13-18-6-8-20(9-7-18)21-5-3-4-19(12-21)16-28)14-22-15-24(10-11-25(22)34-27)35(32,33)29-17-26(30)31/h3-12,15,23,29H,13-14,17H2,1-2H3,(H,30,31). The second-order valence-corrected chi connectivity index (χ2v) is 11.0. The van der Waals surface area contributed by atoms with Crippen molar-refractivity contribution in [1.82, 2.24) is 4.72 Å². The van der Waals surface area contributed by atoms with Crippen molar-refractivity contribution in [2.45, 2.75) is 37.2 Å². The third-order valence-electron chi connectivity index (χ3n) is 6.34. The third kappa shape index (κ3) is 5.53. The zero-order chi connectivity index (χ0) is 25.2. The molecule has 0 spiro atoms. The lowest BCUT2D eigenvalue weighted by atomic mass is 9.78. The number of sulfonamides is 1. The minimum atomic E-state index is -3.94. The predicted molar refractivity (Wildman–Crippen MR) is 131 cm³/mol. The van der Waals surface area contributed by atoms with Crippen LogP contribution in [0.2, 0.25) is 0 Å². The van der Waals surface area contributed by atoms with Gasteiger partial charge in [0.25, 0.3) is 0 Å². The fourth-order valence-corrected chi connectivity index (χ4v) is 5.33. The summed E-state index contributed by atoms with van der Waals surface area (Å²) in [6, 6.07) is 22.5. The van der Waals surface area contributed by atoms with Gasteiger partial charge in [0, 0.05) is 5.92 Å². The van der Waals surface area contributed by atoms with E-state index in [2.05, 4.69) is 22.9 Å². The fraction of sp³-hybridized carbons (Fsp3) is 0.259. The zero-order valence-electron chi connectivity index (χ0n) is 19.5. The molecule has 0 amide bonds. The average molecular weight is 491 g/mol. The smallest absolute Gasteiger partial charge is 0.318 e. The summed E-state index contributed by atoms with van der Waals surface area (Å²) in [6.07, 6.45) is 1.36. The Bertz CT molecular complexity index is 1410. The molecule has 0 saturated heterocycles. The highest BCUT2D eigenvalue weighted by atomic mass is 32.2. The first-order valence-corrected chi connectivity index (χ1v) is 12.7. The quantitative estimate of drug-likeness (QED) is 0.514. The highest BCUT2D eigenvalue weighted by Gasteiger charge is 2.37. The van der Waals surface area contributed by atoms with Gasteiger partial charge >= 0.3 is 5.97 Å². The summed E-state index contributed by atoms with van der Waals surface area (Å²) in [5.41, 5.74) is 4.06. The summed E-state index contributed by atoms with van der Waals surface area (Å²) in [5, 5.41) is 17.9. The van der Waals surface area contributed by atoms with Gasteiger partial charge in [-0.1, -0.05) is 36.4 Å². The van der Waals surface area contributed by atoms with Crippen molar-refractivity contribution >= 4 is 16.0 Å². The molecule has 0 aliphatic carbocycles. The molecule has 0 aromatic heterocycles. The van der Waals surface area contributed by atoms with Gasteiger partial charge < -0.3 is 9.84 Å². The third-order valence-corrected chi connectivity index (χ3v) is 7.74. The molecule has 1 aliphatic rings. The second kappa shape index (κ2) is 9.53. The Morgan fingerprint density at radius 1 is 1.11 bits per heavy atom. The van der Waals surface area contributed by atoms with Gasteiger partial charge in [-0.15, -0.1) is 0 Å². The molecule has 3 aromatic carbocycles.